The lowest BCUT2D eigenvalue weighted by Crippen LogP contribution is -2.27. The minimum Gasteiger partial charge on any atom is -0.326 e. The number of fused-ring (bicyclic) bond motifs is 1. The second-order valence-electron chi connectivity index (χ2n) is 6.11. The van der Waals surface area contributed by atoms with Crippen molar-refractivity contribution in [2.75, 3.05) is 22.4 Å². The van der Waals surface area contributed by atoms with Crippen LogP contribution < -0.4 is 9.62 Å². The zero-order valence-corrected chi connectivity index (χ0v) is 15.4. The maximum absolute atomic E-state index is 12.1. The number of carbonyl (C=O) groups excluding carboxylic acids is 1. The average molecular weight is 379 g/mol. The van der Waals surface area contributed by atoms with Crippen molar-refractivity contribution in [2.24, 2.45) is 0 Å². The second kappa shape index (κ2) is 7.06. The number of hydrogen-bond donors (Lipinski definition) is 1. The molecule has 2 aromatic carbocycles. The number of amides is 1. The smallest absolute Gasteiger partial charge is 0.232 e. The van der Waals surface area contributed by atoms with Crippen LogP contribution in [-0.2, 0) is 27.7 Å². The third-order valence-electron chi connectivity index (χ3n) is 4.15. The summed E-state index contributed by atoms with van der Waals surface area (Å²) in [6, 6.07) is 12.8. The zero-order chi connectivity index (χ0) is 18.0. The summed E-state index contributed by atoms with van der Waals surface area (Å²) in [6.45, 7) is 0.445. The molecule has 2 aromatic rings. The summed E-state index contributed by atoms with van der Waals surface area (Å²) in [4.78, 5) is 12.1. The molecule has 5 nitrogen and oxygen atoms in total. The first-order valence-electron chi connectivity index (χ1n) is 7.98. The van der Waals surface area contributed by atoms with Gasteiger partial charge in [-0.2, -0.15) is 0 Å². The van der Waals surface area contributed by atoms with Crippen LogP contribution in [0.5, 0.6) is 0 Å². The van der Waals surface area contributed by atoms with E-state index in [1.807, 2.05) is 24.3 Å². The molecular weight excluding hydrogens is 360 g/mol. The van der Waals surface area contributed by atoms with E-state index in [0.717, 1.165) is 11.1 Å². The van der Waals surface area contributed by atoms with Crippen molar-refractivity contribution >= 4 is 38.9 Å². The molecule has 0 fully saturated rings. The molecule has 0 aliphatic carbocycles. The summed E-state index contributed by atoms with van der Waals surface area (Å²) in [6.07, 6.45) is 2.81. The number of benzene rings is 2. The highest BCUT2D eigenvalue weighted by atomic mass is 35.5. The summed E-state index contributed by atoms with van der Waals surface area (Å²) in [5.41, 5.74) is 3.32. The van der Waals surface area contributed by atoms with Gasteiger partial charge in [0.05, 0.1) is 11.9 Å². The quantitative estimate of drug-likeness (QED) is 0.868. The van der Waals surface area contributed by atoms with Gasteiger partial charge < -0.3 is 5.32 Å². The SMILES string of the molecule is CS(=O)(=O)N1CCc2cc(NC(=O)CCc3cccc(Cl)c3)ccc21. The Hall–Kier alpha value is -2.05. The molecule has 0 saturated carbocycles. The Morgan fingerprint density at radius 2 is 2.04 bits per heavy atom. The normalized spacial score (nSPS) is 13.6. The molecule has 0 bridgehead atoms. The van der Waals surface area contributed by atoms with Gasteiger partial charge in [-0.25, -0.2) is 8.42 Å². The van der Waals surface area contributed by atoms with Crippen molar-refractivity contribution in [1.82, 2.24) is 0 Å². The number of hydrogen-bond acceptors (Lipinski definition) is 3. The zero-order valence-electron chi connectivity index (χ0n) is 13.8. The van der Waals surface area contributed by atoms with Gasteiger partial charge in [0.15, 0.2) is 0 Å². The molecule has 0 unspecified atom stereocenters. The highest BCUT2D eigenvalue weighted by Gasteiger charge is 2.26. The van der Waals surface area contributed by atoms with Crippen LogP contribution in [0.4, 0.5) is 11.4 Å². The summed E-state index contributed by atoms with van der Waals surface area (Å²) in [5, 5.41) is 3.53. The molecular formula is C18H19ClN2O3S. The standard InChI is InChI=1S/C18H19ClN2O3S/c1-25(23,24)21-10-9-14-12-16(6-7-17(14)21)20-18(22)8-5-13-3-2-4-15(19)11-13/h2-4,6-7,11-12H,5,8-10H2,1H3,(H,20,22). The number of nitrogens with zero attached hydrogens (tertiary/aromatic N) is 1. The Balaban J connectivity index is 1.63. The number of anilines is 2. The Morgan fingerprint density at radius 1 is 1.24 bits per heavy atom. The lowest BCUT2D eigenvalue weighted by molar-refractivity contribution is -0.116. The van der Waals surface area contributed by atoms with Crippen molar-refractivity contribution < 1.29 is 13.2 Å². The molecule has 1 heterocycles. The van der Waals surface area contributed by atoms with E-state index in [9.17, 15) is 13.2 Å². The highest BCUT2D eigenvalue weighted by Crippen LogP contribution is 2.32. The van der Waals surface area contributed by atoms with Crippen LogP contribution in [0.3, 0.4) is 0 Å². The molecule has 0 radical (unpaired) electrons. The molecule has 0 saturated heterocycles. The number of sulfonamides is 1. The fourth-order valence-corrected chi connectivity index (χ4v) is 4.14. The fourth-order valence-electron chi connectivity index (χ4n) is 2.97. The molecule has 0 atom stereocenters. The van der Waals surface area contributed by atoms with Gasteiger partial charge in [0, 0.05) is 23.7 Å². The van der Waals surface area contributed by atoms with Crippen LogP contribution in [0, 0.1) is 0 Å². The van der Waals surface area contributed by atoms with Gasteiger partial charge in [-0.3, -0.25) is 9.10 Å². The number of carbonyl (C=O) groups is 1. The predicted octanol–water partition coefficient (Wildman–Crippen LogP) is 3.23. The molecule has 1 aliphatic heterocycles. The van der Waals surface area contributed by atoms with Gasteiger partial charge in [0.1, 0.15) is 0 Å². The fraction of sp³-hybridized carbons (Fsp3) is 0.278. The highest BCUT2D eigenvalue weighted by molar-refractivity contribution is 7.92. The van der Waals surface area contributed by atoms with Crippen molar-refractivity contribution in [1.29, 1.82) is 0 Å². The number of halogens is 1. The van der Waals surface area contributed by atoms with Gasteiger partial charge in [0.2, 0.25) is 15.9 Å². The summed E-state index contributed by atoms with van der Waals surface area (Å²) in [7, 11) is -3.26. The molecule has 1 N–H and O–H groups in total. The third kappa shape index (κ3) is 4.32. The van der Waals surface area contributed by atoms with E-state index < -0.39 is 10.0 Å². The molecule has 0 aromatic heterocycles. The van der Waals surface area contributed by atoms with E-state index in [4.69, 9.17) is 11.6 Å². The first kappa shape index (κ1) is 17.8. The minimum atomic E-state index is -3.26. The van der Waals surface area contributed by atoms with Gasteiger partial charge in [0.25, 0.3) is 0 Å². The summed E-state index contributed by atoms with van der Waals surface area (Å²) in [5.74, 6) is -0.0853. The first-order chi connectivity index (χ1) is 11.8. The lowest BCUT2D eigenvalue weighted by atomic mass is 10.1. The van der Waals surface area contributed by atoms with E-state index in [-0.39, 0.29) is 5.91 Å². The van der Waals surface area contributed by atoms with Crippen molar-refractivity contribution in [2.45, 2.75) is 19.3 Å². The molecule has 7 heteroatoms. The largest absolute Gasteiger partial charge is 0.326 e. The molecule has 132 valence electrons. The predicted molar refractivity (Wildman–Crippen MR) is 101 cm³/mol. The van der Waals surface area contributed by atoms with Gasteiger partial charge >= 0.3 is 0 Å². The molecule has 1 amide bonds. The second-order valence-corrected chi connectivity index (χ2v) is 8.45. The van der Waals surface area contributed by atoms with Crippen LogP contribution in [0.25, 0.3) is 0 Å². The van der Waals surface area contributed by atoms with Crippen LogP contribution in [0.15, 0.2) is 42.5 Å². The molecule has 25 heavy (non-hydrogen) atoms. The third-order valence-corrected chi connectivity index (χ3v) is 5.56. The number of rotatable bonds is 5. The van der Waals surface area contributed by atoms with Crippen LogP contribution in [-0.4, -0.2) is 27.1 Å². The van der Waals surface area contributed by atoms with Crippen LogP contribution >= 0.6 is 11.6 Å². The minimum absolute atomic E-state index is 0.0853. The van der Waals surface area contributed by atoms with Crippen LogP contribution in [0.2, 0.25) is 5.02 Å². The van der Waals surface area contributed by atoms with E-state index in [0.29, 0.717) is 42.2 Å². The molecule has 3 rings (SSSR count). The maximum Gasteiger partial charge on any atom is 0.232 e. The van der Waals surface area contributed by atoms with E-state index in [1.54, 1.807) is 18.2 Å². The number of aryl methyl sites for hydroxylation is 1. The maximum atomic E-state index is 12.1. The first-order valence-corrected chi connectivity index (χ1v) is 10.2. The summed E-state index contributed by atoms with van der Waals surface area (Å²) < 4.78 is 24.9. The molecule has 1 aliphatic rings. The Morgan fingerprint density at radius 3 is 2.76 bits per heavy atom. The molecule has 0 spiro atoms. The van der Waals surface area contributed by atoms with Crippen molar-refractivity contribution in [3.05, 3.63) is 58.6 Å². The summed E-state index contributed by atoms with van der Waals surface area (Å²) >= 11 is 5.94. The topological polar surface area (TPSA) is 66.5 Å². The Labute approximate surface area is 152 Å². The van der Waals surface area contributed by atoms with E-state index in [2.05, 4.69) is 5.32 Å². The van der Waals surface area contributed by atoms with Gasteiger partial charge in [-0.1, -0.05) is 23.7 Å². The lowest BCUT2D eigenvalue weighted by Gasteiger charge is -2.16. The Kier molecular flexibility index (Phi) is 5.01. The van der Waals surface area contributed by atoms with Crippen LogP contribution in [0.1, 0.15) is 17.5 Å². The van der Waals surface area contributed by atoms with E-state index >= 15 is 0 Å². The monoisotopic (exact) mass is 378 g/mol. The van der Waals surface area contributed by atoms with Crippen molar-refractivity contribution in [3.8, 4) is 0 Å². The number of nitrogens with one attached hydrogen (secondary N) is 1. The van der Waals surface area contributed by atoms with E-state index in [1.165, 1.54) is 10.6 Å². The van der Waals surface area contributed by atoms with Gasteiger partial charge in [-0.15, -0.1) is 0 Å². The Bertz CT molecular complexity index is 912. The van der Waals surface area contributed by atoms with Crippen molar-refractivity contribution in [3.63, 3.8) is 0 Å². The van der Waals surface area contributed by atoms with Gasteiger partial charge in [-0.05, 0) is 54.3 Å². The average Bonchev–Trinajstić information content (AvgIpc) is 2.96.